The van der Waals surface area contributed by atoms with Gasteiger partial charge in [0.15, 0.2) is 5.96 Å². The number of aromatic amines is 1. The number of guanidine groups is 1. The molecular formula is C22H31IN4O2S. The molecule has 1 atom stereocenters. The molecule has 1 aromatic carbocycles. The van der Waals surface area contributed by atoms with Gasteiger partial charge >= 0.3 is 0 Å². The van der Waals surface area contributed by atoms with Gasteiger partial charge in [-0.15, -0.1) is 24.0 Å². The molecule has 0 aliphatic rings. The third kappa shape index (κ3) is 6.28. The number of rotatable bonds is 9. The van der Waals surface area contributed by atoms with Gasteiger partial charge in [0, 0.05) is 43.4 Å². The van der Waals surface area contributed by atoms with Gasteiger partial charge in [-0.05, 0) is 47.2 Å². The normalized spacial score (nSPS) is 12.3. The van der Waals surface area contributed by atoms with E-state index in [-0.39, 0.29) is 24.0 Å². The number of hydrogen-bond acceptors (Lipinski definition) is 4. The average Bonchev–Trinajstić information content (AvgIpc) is 3.41. The van der Waals surface area contributed by atoms with Gasteiger partial charge in [0.25, 0.3) is 0 Å². The van der Waals surface area contributed by atoms with Gasteiger partial charge < -0.3 is 25.1 Å². The lowest BCUT2D eigenvalue weighted by Gasteiger charge is -2.15. The zero-order chi connectivity index (χ0) is 20.6. The highest BCUT2D eigenvalue weighted by atomic mass is 127. The predicted octanol–water partition coefficient (Wildman–Crippen LogP) is 4.77. The summed E-state index contributed by atoms with van der Waals surface area (Å²) in [6, 6.07) is 8.25. The van der Waals surface area contributed by atoms with Crippen LogP contribution in [0, 0.1) is 0 Å². The Morgan fingerprint density at radius 2 is 2.03 bits per heavy atom. The number of fused-ring (bicyclic) bond motifs is 1. The Kier molecular flexibility index (Phi) is 9.77. The monoisotopic (exact) mass is 542 g/mol. The molecule has 6 nitrogen and oxygen atoms in total. The number of aromatic nitrogens is 1. The second-order valence-electron chi connectivity index (χ2n) is 7.03. The van der Waals surface area contributed by atoms with Crippen molar-refractivity contribution in [3.05, 3.63) is 46.3 Å². The highest BCUT2D eigenvalue weighted by molar-refractivity contribution is 14.0. The van der Waals surface area contributed by atoms with E-state index >= 15 is 0 Å². The van der Waals surface area contributed by atoms with Gasteiger partial charge in [-0.25, -0.2) is 0 Å². The van der Waals surface area contributed by atoms with E-state index in [0.717, 1.165) is 54.3 Å². The number of halogens is 1. The Morgan fingerprint density at radius 1 is 1.20 bits per heavy atom. The maximum atomic E-state index is 5.49. The van der Waals surface area contributed by atoms with Crippen LogP contribution in [-0.2, 0) is 6.42 Å². The summed E-state index contributed by atoms with van der Waals surface area (Å²) in [4.78, 5) is 7.79. The van der Waals surface area contributed by atoms with Gasteiger partial charge in [-0.2, -0.15) is 11.3 Å². The van der Waals surface area contributed by atoms with Crippen LogP contribution in [0.2, 0.25) is 0 Å². The van der Waals surface area contributed by atoms with E-state index in [1.807, 2.05) is 19.2 Å². The molecule has 0 spiro atoms. The van der Waals surface area contributed by atoms with Crippen molar-refractivity contribution in [1.29, 1.82) is 0 Å². The minimum atomic E-state index is 0. The maximum Gasteiger partial charge on any atom is 0.190 e. The molecule has 3 aromatic rings. The first-order chi connectivity index (χ1) is 14.1. The first kappa shape index (κ1) is 24.3. The van der Waals surface area contributed by atoms with E-state index in [1.54, 1.807) is 25.6 Å². The zero-order valence-corrected chi connectivity index (χ0v) is 21.1. The van der Waals surface area contributed by atoms with Crippen LogP contribution in [0.25, 0.3) is 10.9 Å². The summed E-state index contributed by atoms with van der Waals surface area (Å²) in [7, 11) is 5.16. The molecule has 2 heterocycles. The highest BCUT2D eigenvalue weighted by Gasteiger charge is 2.10. The number of aryl methyl sites for hydroxylation is 1. The maximum absolute atomic E-state index is 5.49. The van der Waals surface area contributed by atoms with E-state index in [9.17, 15) is 0 Å². The average molecular weight is 542 g/mol. The first-order valence-electron chi connectivity index (χ1n) is 9.84. The summed E-state index contributed by atoms with van der Waals surface area (Å²) in [5.41, 5.74) is 3.58. The van der Waals surface area contributed by atoms with Crippen molar-refractivity contribution in [3.8, 4) is 11.5 Å². The Labute approximate surface area is 199 Å². The lowest BCUT2D eigenvalue weighted by Crippen LogP contribution is -2.39. The SMILES string of the molecule is CN=C(NCCCc1cc2c(OC)cc(OC)cc2[nH]1)NCC(C)c1ccsc1.I. The number of hydrogen-bond donors (Lipinski definition) is 3. The minimum absolute atomic E-state index is 0. The Hall–Kier alpha value is -1.94. The number of thiophene rings is 1. The number of nitrogens with one attached hydrogen (secondary N) is 3. The minimum Gasteiger partial charge on any atom is -0.497 e. The van der Waals surface area contributed by atoms with E-state index in [0.29, 0.717) is 5.92 Å². The van der Waals surface area contributed by atoms with Crippen molar-refractivity contribution in [1.82, 2.24) is 15.6 Å². The summed E-state index contributed by atoms with van der Waals surface area (Å²) in [5, 5.41) is 12.2. The molecule has 2 aromatic heterocycles. The largest absolute Gasteiger partial charge is 0.497 e. The number of H-pyrrole nitrogens is 1. The molecule has 0 aliphatic carbocycles. The Balaban J connectivity index is 0.00000320. The van der Waals surface area contributed by atoms with Crippen LogP contribution in [0.5, 0.6) is 11.5 Å². The van der Waals surface area contributed by atoms with Crippen molar-refractivity contribution in [2.45, 2.75) is 25.7 Å². The highest BCUT2D eigenvalue weighted by Crippen LogP contribution is 2.31. The van der Waals surface area contributed by atoms with Gasteiger partial charge in [-0.1, -0.05) is 6.92 Å². The molecule has 1 unspecified atom stereocenters. The molecule has 0 radical (unpaired) electrons. The van der Waals surface area contributed by atoms with Crippen molar-refractivity contribution in [2.24, 2.45) is 4.99 Å². The third-order valence-corrected chi connectivity index (χ3v) is 5.71. The zero-order valence-electron chi connectivity index (χ0n) is 18.0. The second-order valence-corrected chi connectivity index (χ2v) is 7.81. The fourth-order valence-corrected chi connectivity index (χ4v) is 4.07. The lowest BCUT2D eigenvalue weighted by molar-refractivity contribution is 0.398. The summed E-state index contributed by atoms with van der Waals surface area (Å²) in [6.45, 7) is 3.93. The molecule has 0 saturated heterocycles. The smallest absolute Gasteiger partial charge is 0.190 e. The molecule has 3 rings (SSSR count). The number of benzene rings is 1. The third-order valence-electron chi connectivity index (χ3n) is 5.01. The van der Waals surface area contributed by atoms with Gasteiger partial charge in [-0.3, -0.25) is 4.99 Å². The summed E-state index contributed by atoms with van der Waals surface area (Å²) < 4.78 is 10.8. The molecule has 0 amide bonds. The summed E-state index contributed by atoms with van der Waals surface area (Å²) >= 11 is 1.74. The molecule has 3 N–H and O–H groups in total. The first-order valence-corrected chi connectivity index (χ1v) is 10.8. The lowest BCUT2D eigenvalue weighted by atomic mass is 10.1. The summed E-state index contributed by atoms with van der Waals surface area (Å²) in [6.07, 6.45) is 1.93. The predicted molar refractivity (Wildman–Crippen MR) is 137 cm³/mol. The van der Waals surface area contributed by atoms with E-state index in [1.165, 1.54) is 11.3 Å². The van der Waals surface area contributed by atoms with Crippen LogP contribution >= 0.6 is 35.3 Å². The second kappa shape index (κ2) is 12.0. The van der Waals surface area contributed by atoms with Crippen LogP contribution < -0.4 is 20.1 Å². The molecule has 0 aliphatic heterocycles. The van der Waals surface area contributed by atoms with E-state index in [4.69, 9.17) is 9.47 Å². The molecule has 0 bridgehead atoms. The number of ether oxygens (including phenoxy) is 2. The molecule has 164 valence electrons. The van der Waals surface area contributed by atoms with Gasteiger partial charge in [0.05, 0.1) is 19.7 Å². The quantitative estimate of drug-likeness (QED) is 0.158. The topological polar surface area (TPSA) is 70.7 Å². The van der Waals surface area contributed by atoms with Crippen molar-refractivity contribution >= 4 is 52.2 Å². The standard InChI is InChI=1S/C22H30N4O2S.HI/c1-15(16-7-9-29-14-16)13-25-22(23-2)24-8-5-6-17-10-19-20(26-17)11-18(27-3)12-21(19)28-4;/h7,9-12,14-15,26H,5-6,8,13H2,1-4H3,(H2,23,24,25);1H. The van der Waals surface area contributed by atoms with Gasteiger partial charge in [0.2, 0.25) is 0 Å². The molecular weight excluding hydrogens is 511 g/mol. The van der Waals surface area contributed by atoms with E-state index < -0.39 is 0 Å². The summed E-state index contributed by atoms with van der Waals surface area (Å²) in [5.74, 6) is 2.91. The fraction of sp³-hybridized carbons (Fsp3) is 0.409. The van der Waals surface area contributed by atoms with Crippen molar-refractivity contribution in [2.75, 3.05) is 34.4 Å². The fourth-order valence-electron chi connectivity index (χ4n) is 3.29. The van der Waals surface area contributed by atoms with Gasteiger partial charge in [0.1, 0.15) is 11.5 Å². The number of methoxy groups -OCH3 is 2. The van der Waals surface area contributed by atoms with Crippen LogP contribution in [0.15, 0.2) is 40.0 Å². The van der Waals surface area contributed by atoms with Crippen LogP contribution in [0.1, 0.15) is 30.5 Å². The van der Waals surface area contributed by atoms with E-state index in [2.05, 4.69) is 50.4 Å². The molecule has 8 heteroatoms. The van der Waals surface area contributed by atoms with Crippen LogP contribution in [-0.4, -0.2) is 45.3 Å². The number of nitrogens with zero attached hydrogens (tertiary/aromatic N) is 1. The number of aliphatic imine (C=N–C) groups is 1. The van der Waals surface area contributed by atoms with Crippen molar-refractivity contribution < 1.29 is 9.47 Å². The molecule has 0 saturated carbocycles. The molecule has 30 heavy (non-hydrogen) atoms. The Bertz CT molecular complexity index is 940. The molecule has 0 fully saturated rings. The van der Waals surface area contributed by atoms with Crippen molar-refractivity contribution in [3.63, 3.8) is 0 Å². The van der Waals surface area contributed by atoms with Crippen LogP contribution in [0.3, 0.4) is 0 Å². The van der Waals surface area contributed by atoms with Crippen LogP contribution in [0.4, 0.5) is 0 Å². The Morgan fingerprint density at radius 3 is 2.70 bits per heavy atom.